The van der Waals surface area contributed by atoms with E-state index in [1.807, 2.05) is 0 Å². The van der Waals surface area contributed by atoms with Gasteiger partial charge in [0.25, 0.3) is 5.69 Å². The highest BCUT2D eigenvalue weighted by Crippen LogP contribution is 2.21. The van der Waals surface area contributed by atoms with Crippen LogP contribution in [-0.4, -0.2) is 48.2 Å². The van der Waals surface area contributed by atoms with Crippen LogP contribution in [-0.2, 0) is 14.7 Å². The van der Waals surface area contributed by atoms with Gasteiger partial charge in [-0.25, -0.2) is 13.2 Å². The van der Waals surface area contributed by atoms with E-state index in [4.69, 9.17) is 0 Å². The zero-order valence-electron chi connectivity index (χ0n) is 12.0. The molecule has 9 nitrogen and oxygen atoms in total. The first-order valence-corrected chi connectivity index (χ1v) is 9.44. The number of hydrogen-bond acceptors (Lipinski definition) is 8. The highest BCUT2D eigenvalue weighted by atomic mass is 32.2. The quantitative estimate of drug-likeness (QED) is 0.492. The molecular weight excluding hydrogens is 346 g/mol. The molecule has 0 spiro atoms. The fourth-order valence-corrected chi connectivity index (χ4v) is 5.08. The molecule has 1 aliphatic rings. The van der Waals surface area contributed by atoms with Crippen molar-refractivity contribution in [2.75, 3.05) is 23.1 Å². The van der Waals surface area contributed by atoms with Crippen LogP contribution in [0, 0.1) is 10.1 Å². The molecule has 11 heteroatoms. The van der Waals surface area contributed by atoms with E-state index in [-0.39, 0.29) is 33.8 Å². The summed E-state index contributed by atoms with van der Waals surface area (Å²) >= 11 is 1.31. The van der Waals surface area contributed by atoms with Gasteiger partial charge in [-0.2, -0.15) is 11.8 Å². The summed E-state index contributed by atoms with van der Waals surface area (Å²) in [7, 11) is -3.22. The van der Waals surface area contributed by atoms with Gasteiger partial charge in [0.15, 0.2) is 9.84 Å². The van der Waals surface area contributed by atoms with Crippen molar-refractivity contribution in [3.63, 3.8) is 0 Å². The van der Waals surface area contributed by atoms with E-state index in [9.17, 15) is 23.3 Å². The van der Waals surface area contributed by atoms with Gasteiger partial charge in [-0.1, -0.05) is 11.2 Å². The fourth-order valence-electron chi connectivity index (χ4n) is 1.93. The third kappa shape index (κ3) is 4.66. The summed E-state index contributed by atoms with van der Waals surface area (Å²) in [6.07, 6.45) is 0.784. The molecule has 1 atom stereocenters. The number of nitrogens with zero attached hydrogens (tertiary/aromatic N) is 2. The third-order valence-electron chi connectivity index (χ3n) is 2.98. The lowest BCUT2D eigenvalue weighted by Gasteiger charge is -2.05. The van der Waals surface area contributed by atoms with Crippen molar-refractivity contribution in [3.8, 4) is 0 Å². The number of carbonyl (C=O) groups is 1. The number of thioether (sulfide) groups is 1. The Morgan fingerprint density at radius 3 is 2.91 bits per heavy atom. The zero-order chi connectivity index (χ0) is 17.0. The zero-order valence-corrected chi connectivity index (χ0v) is 13.6. The second kappa shape index (κ2) is 6.96. The van der Waals surface area contributed by atoms with Crippen LogP contribution in [0.3, 0.4) is 0 Å². The van der Waals surface area contributed by atoms with E-state index in [0.29, 0.717) is 0 Å². The van der Waals surface area contributed by atoms with Crippen LogP contribution in [0.4, 0.5) is 16.2 Å². The minimum absolute atomic E-state index is 0.0388. The number of non-ortho nitro benzene ring substituents is 1. The van der Waals surface area contributed by atoms with Crippen molar-refractivity contribution in [1.29, 1.82) is 0 Å². The average molecular weight is 359 g/mol. The van der Waals surface area contributed by atoms with Crippen molar-refractivity contribution in [1.82, 2.24) is 0 Å². The molecular formula is C12H13N3O6S2. The Balaban J connectivity index is 2.01. The second-order valence-corrected chi connectivity index (χ2v) is 7.82. The summed E-state index contributed by atoms with van der Waals surface area (Å²) in [4.78, 5) is 26.3. The van der Waals surface area contributed by atoms with Gasteiger partial charge in [0, 0.05) is 12.1 Å². The van der Waals surface area contributed by atoms with Gasteiger partial charge < -0.3 is 0 Å². The van der Waals surface area contributed by atoms with E-state index in [0.717, 1.165) is 0 Å². The normalized spacial score (nSPS) is 21.1. The molecule has 1 saturated heterocycles. The smallest absolute Gasteiger partial charge is 0.298 e. The van der Waals surface area contributed by atoms with Crippen LogP contribution in [0.15, 0.2) is 29.4 Å². The van der Waals surface area contributed by atoms with E-state index < -0.39 is 20.9 Å². The molecule has 0 radical (unpaired) electrons. The lowest BCUT2D eigenvalue weighted by atomic mass is 10.3. The molecule has 23 heavy (non-hydrogen) atoms. The molecule has 1 aromatic rings. The molecule has 1 amide bonds. The van der Waals surface area contributed by atoms with E-state index in [1.54, 1.807) is 6.26 Å². The van der Waals surface area contributed by atoms with Gasteiger partial charge in [0.2, 0.25) is 0 Å². The van der Waals surface area contributed by atoms with Crippen molar-refractivity contribution in [2.45, 2.75) is 5.25 Å². The number of sulfone groups is 1. The molecule has 0 unspecified atom stereocenters. The SMILES string of the molecule is CS[C@H]1CS(=O)(=O)C/C1=N\OC(=O)Nc1cccc([N+](=O)[O-])c1. The van der Waals surface area contributed by atoms with Crippen LogP contribution < -0.4 is 5.32 Å². The number of carbonyl (C=O) groups excluding carboxylic acids is 1. The summed E-state index contributed by atoms with van der Waals surface area (Å²) < 4.78 is 23.1. The topological polar surface area (TPSA) is 128 Å². The van der Waals surface area contributed by atoms with Gasteiger partial charge in [0.05, 0.1) is 33.1 Å². The second-order valence-electron chi connectivity index (χ2n) is 4.67. The van der Waals surface area contributed by atoms with Crippen LogP contribution in [0.5, 0.6) is 0 Å². The number of hydrogen-bond donors (Lipinski definition) is 1. The molecule has 0 aliphatic carbocycles. The minimum atomic E-state index is -3.22. The maximum Gasteiger partial charge on any atom is 0.437 e. The summed E-state index contributed by atoms with van der Waals surface area (Å²) in [5.41, 5.74) is 0.259. The predicted molar refractivity (Wildman–Crippen MR) is 86.6 cm³/mol. The van der Waals surface area contributed by atoms with Crippen LogP contribution in [0.2, 0.25) is 0 Å². The van der Waals surface area contributed by atoms with E-state index >= 15 is 0 Å². The fraction of sp³-hybridized carbons (Fsp3) is 0.333. The van der Waals surface area contributed by atoms with Crippen molar-refractivity contribution in [3.05, 3.63) is 34.4 Å². The number of benzene rings is 1. The van der Waals surface area contributed by atoms with Crippen molar-refractivity contribution in [2.24, 2.45) is 5.16 Å². The first kappa shape index (κ1) is 17.2. The Labute approximate surface area is 136 Å². The molecule has 1 heterocycles. The molecule has 0 saturated carbocycles. The summed E-state index contributed by atoms with van der Waals surface area (Å²) in [6.45, 7) is 0. The van der Waals surface area contributed by atoms with Crippen molar-refractivity contribution >= 4 is 44.8 Å². The van der Waals surface area contributed by atoms with E-state index in [2.05, 4.69) is 15.3 Å². The van der Waals surface area contributed by atoms with Crippen LogP contribution >= 0.6 is 11.8 Å². The Kier molecular flexibility index (Phi) is 5.21. The first-order valence-electron chi connectivity index (χ1n) is 6.33. The minimum Gasteiger partial charge on any atom is -0.298 e. The van der Waals surface area contributed by atoms with Crippen molar-refractivity contribution < 1.29 is 23.0 Å². The van der Waals surface area contributed by atoms with Gasteiger partial charge in [-0.15, -0.1) is 0 Å². The summed E-state index contributed by atoms with van der Waals surface area (Å²) in [5, 5.41) is 16.2. The molecule has 1 aliphatic heterocycles. The molecule has 124 valence electrons. The maximum atomic E-state index is 11.6. The molecule has 0 bridgehead atoms. The number of rotatable bonds is 4. The third-order valence-corrected chi connectivity index (χ3v) is 5.77. The first-order chi connectivity index (χ1) is 10.8. The molecule has 0 aromatic heterocycles. The molecule has 2 rings (SSSR count). The van der Waals surface area contributed by atoms with Crippen LogP contribution in [0.1, 0.15) is 0 Å². The number of nitro groups is 1. The summed E-state index contributed by atoms with van der Waals surface area (Å²) in [5.74, 6) is -0.286. The van der Waals surface area contributed by atoms with E-state index in [1.165, 1.54) is 36.0 Å². The monoisotopic (exact) mass is 359 g/mol. The Bertz CT molecular complexity index is 762. The van der Waals surface area contributed by atoms with Gasteiger partial charge in [0.1, 0.15) is 0 Å². The maximum absolute atomic E-state index is 11.6. The van der Waals surface area contributed by atoms with Gasteiger partial charge >= 0.3 is 6.09 Å². The molecule has 1 N–H and O–H groups in total. The molecule has 1 aromatic carbocycles. The molecule has 1 fully saturated rings. The number of nitrogens with one attached hydrogen (secondary N) is 1. The predicted octanol–water partition coefficient (Wildman–Crippen LogP) is 1.66. The lowest BCUT2D eigenvalue weighted by Crippen LogP contribution is -2.17. The number of amides is 1. The number of oxime groups is 1. The Hall–Kier alpha value is -2.14. The number of anilines is 1. The Morgan fingerprint density at radius 2 is 2.26 bits per heavy atom. The lowest BCUT2D eigenvalue weighted by molar-refractivity contribution is -0.384. The van der Waals surface area contributed by atoms with Gasteiger partial charge in [-0.05, 0) is 12.3 Å². The Morgan fingerprint density at radius 1 is 1.52 bits per heavy atom. The van der Waals surface area contributed by atoms with Gasteiger partial charge in [-0.3, -0.25) is 20.3 Å². The largest absolute Gasteiger partial charge is 0.437 e. The van der Waals surface area contributed by atoms with Crippen LogP contribution in [0.25, 0.3) is 0 Å². The number of nitro benzene ring substituents is 1. The highest BCUT2D eigenvalue weighted by molar-refractivity contribution is 8.02. The highest BCUT2D eigenvalue weighted by Gasteiger charge is 2.34. The average Bonchev–Trinajstić information content (AvgIpc) is 2.79. The standard InChI is InChI=1S/C12H13N3O6S2/c1-22-11-7-23(19,20)6-10(11)14-21-12(16)13-8-3-2-4-9(5-8)15(17)18/h2-5,11H,6-7H2,1H3,(H,13,16)/b14-10+/t11-/m0/s1. The summed E-state index contributed by atoms with van der Waals surface area (Å²) in [6, 6.07) is 5.31.